The van der Waals surface area contributed by atoms with E-state index in [1.54, 1.807) is 24.3 Å². The van der Waals surface area contributed by atoms with Gasteiger partial charge in [0.25, 0.3) is 0 Å². The number of carbonyl (C=O) groups excluding carboxylic acids is 1. The van der Waals surface area contributed by atoms with Crippen LogP contribution < -0.4 is 14.2 Å². The summed E-state index contributed by atoms with van der Waals surface area (Å²) >= 11 is 0. The standard InChI is InChI=1S/C23H20O4/c1-14(2)13-25-18-8-9-19-21(12-18)27-22(23(19)24)11-17-10-16-6-4-5-7-20(16)26-15(17)3/h4-12,15H,1,13H2,2-3H3/t15-/m0/s1. The number of rotatable bonds is 4. The van der Waals surface area contributed by atoms with E-state index < -0.39 is 0 Å². The third-order valence-electron chi connectivity index (χ3n) is 4.44. The average Bonchev–Trinajstić information content (AvgIpc) is 2.96. The van der Waals surface area contributed by atoms with Crippen LogP contribution in [0.3, 0.4) is 0 Å². The number of hydrogen-bond acceptors (Lipinski definition) is 4. The molecule has 0 N–H and O–H groups in total. The minimum atomic E-state index is -0.165. The number of carbonyl (C=O) groups is 1. The van der Waals surface area contributed by atoms with Crippen molar-refractivity contribution in [1.82, 2.24) is 0 Å². The maximum absolute atomic E-state index is 12.7. The van der Waals surface area contributed by atoms with Gasteiger partial charge in [0.05, 0.1) is 5.56 Å². The fraction of sp³-hybridized carbons (Fsp3) is 0.174. The summed E-state index contributed by atoms with van der Waals surface area (Å²) in [6.45, 7) is 8.09. The van der Waals surface area contributed by atoms with Gasteiger partial charge in [0.1, 0.15) is 30.0 Å². The first-order valence-corrected chi connectivity index (χ1v) is 8.84. The van der Waals surface area contributed by atoms with Crippen LogP contribution in [0.1, 0.15) is 29.8 Å². The van der Waals surface area contributed by atoms with E-state index in [0.717, 1.165) is 22.5 Å². The Morgan fingerprint density at radius 2 is 2.04 bits per heavy atom. The topological polar surface area (TPSA) is 44.8 Å². The Morgan fingerprint density at radius 3 is 2.85 bits per heavy atom. The maximum Gasteiger partial charge on any atom is 0.231 e. The third kappa shape index (κ3) is 3.38. The maximum atomic E-state index is 12.7. The van der Waals surface area contributed by atoms with E-state index in [1.807, 2.05) is 44.2 Å². The van der Waals surface area contributed by atoms with Crippen LogP contribution in [0.25, 0.3) is 6.08 Å². The summed E-state index contributed by atoms with van der Waals surface area (Å²) in [5.74, 6) is 2.16. The van der Waals surface area contributed by atoms with Gasteiger partial charge >= 0.3 is 0 Å². The van der Waals surface area contributed by atoms with Crippen molar-refractivity contribution in [3.05, 3.63) is 83.2 Å². The van der Waals surface area contributed by atoms with Crippen molar-refractivity contribution in [1.29, 1.82) is 0 Å². The minimum absolute atomic E-state index is 0.136. The van der Waals surface area contributed by atoms with Gasteiger partial charge in [-0.3, -0.25) is 4.79 Å². The van der Waals surface area contributed by atoms with Crippen LogP contribution in [0, 0.1) is 0 Å². The molecule has 4 nitrogen and oxygen atoms in total. The van der Waals surface area contributed by atoms with Crippen molar-refractivity contribution in [3.8, 4) is 17.2 Å². The fourth-order valence-electron chi connectivity index (χ4n) is 3.04. The molecule has 0 saturated carbocycles. The number of allylic oxidation sites excluding steroid dienone is 1. The fourth-order valence-corrected chi connectivity index (χ4v) is 3.04. The van der Waals surface area contributed by atoms with E-state index >= 15 is 0 Å². The average molecular weight is 360 g/mol. The second-order valence-corrected chi connectivity index (χ2v) is 6.79. The van der Waals surface area contributed by atoms with Crippen molar-refractivity contribution in [2.24, 2.45) is 0 Å². The highest BCUT2D eigenvalue weighted by atomic mass is 16.5. The van der Waals surface area contributed by atoms with Crippen molar-refractivity contribution in [3.63, 3.8) is 0 Å². The molecule has 0 spiro atoms. The lowest BCUT2D eigenvalue weighted by Gasteiger charge is -2.22. The SMILES string of the molecule is C=C(C)COc1ccc2c(c1)OC(=CC1=Cc3ccccc3O[C@H]1C)C2=O. The van der Waals surface area contributed by atoms with Gasteiger partial charge in [0.15, 0.2) is 5.76 Å². The third-order valence-corrected chi connectivity index (χ3v) is 4.44. The van der Waals surface area contributed by atoms with Gasteiger partial charge in [-0.15, -0.1) is 0 Å². The number of ketones is 1. The summed E-state index contributed by atoms with van der Waals surface area (Å²) in [5, 5.41) is 0. The molecule has 0 aliphatic carbocycles. The first-order chi connectivity index (χ1) is 13.0. The summed E-state index contributed by atoms with van der Waals surface area (Å²) < 4.78 is 17.4. The molecule has 4 rings (SSSR count). The van der Waals surface area contributed by atoms with Gasteiger partial charge in [-0.1, -0.05) is 24.8 Å². The van der Waals surface area contributed by atoms with Gasteiger partial charge < -0.3 is 14.2 Å². The normalized spacial score (nSPS) is 18.9. The lowest BCUT2D eigenvalue weighted by molar-refractivity contribution is 0.101. The Kier molecular flexibility index (Phi) is 4.32. The molecule has 0 amide bonds. The number of Topliss-reactive ketones (excluding diaryl/α,β-unsaturated/α-hetero) is 1. The quantitative estimate of drug-likeness (QED) is 0.571. The van der Waals surface area contributed by atoms with Crippen LogP contribution in [-0.4, -0.2) is 18.5 Å². The molecule has 0 unspecified atom stereocenters. The number of benzene rings is 2. The molecular weight excluding hydrogens is 340 g/mol. The smallest absolute Gasteiger partial charge is 0.231 e. The zero-order valence-corrected chi connectivity index (χ0v) is 15.3. The summed E-state index contributed by atoms with van der Waals surface area (Å²) in [6, 6.07) is 13.1. The molecule has 27 heavy (non-hydrogen) atoms. The van der Waals surface area contributed by atoms with Crippen molar-refractivity contribution in [2.75, 3.05) is 6.61 Å². The van der Waals surface area contributed by atoms with Crippen LogP contribution in [0.15, 0.2) is 72.0 Å². The van der Waals surface area contributed by atoms with Crippen molar-refractivity contribution >= 4 is 11.9 Å². The largest absolute Gasteiger partial charge is 0.489 e. The van der Waals surface area contributed by atoms with E-state index in [-0.39, 0.29) is 11.9 Å². The highest BCUT2D eigenvalue weighted by molar-refractivity contribution is 6.12. The molecule has 2 aliphatic rings. The molecule has 1 atom stereocenters. The minimum Gasteiger partial charge on any atom is -0.489 e. The molecule has 2 heterocycles. The van der Waals surface area contributed by atoms with Crippen LogP contribution in [0.2, 0.25) is 0 Å². The van der Waals surface area contributed by atoms with Gasteiger partial charge in [-0.2, -0.15) is 0 Å². The van der Waals surface area contributed by atoms with Crippen LogP contribution in [0.5, 0.6) is 17.2 Å². The van der Waals surface area contributed by atoms with Gasteiger partial charge in [0, 0.05) is 11.6 Å². The van der Waals surface area contributed by atoms with E-state index in [9.17, 15) is 4.79 Å². The molecule has 136 valence electrons. The lowest BCUT2D eigenvalue weighted by Crippen LogP contribution is -2.18. The van der Waals surface area contributed by atoms with Crippen LogP contribution >= 0.6 is 0 Å². The Labute approximate surface area is 158 Å². The molecule has 0 saturated heterocycles. The summed E-state index contributed by atoms with van der Waals surface area (Å²) in [7, 11) is 0. The predicted octanol–water partition coefficient (Wildman–Crippen LogP) is 4.97. The molecule has 2 aliphatic heterocycles. The molecular formula is C23H20O4. The first kappa shape index (κ1) is 17.2. The molecule has 4 heteroatoms. The van der Waals surface area contributed by atoms with Gasteiger partial charge in [0.2, 0.25) is 5.78 Å². The summed E-state index contributed by atoms with van der Waals surface area (Å²) in [5.41, 5.74) is 3.34. The van der Waals surface area contributed by atoms with E-state index in [4.69, 9.17) is 14.2 Å². The number of fused-ring (bicyclic) bond motifs is 2. The Morgan fingerprint density at radius 1 is 1.22 bits per heavy atom. The van der Waals surface area contributed by atoms with E-state index in [0.29, 0.717) is 29.4 Å². The highest BCUT2D eigenvalue weighted by Crippen LogP contribution is 2.36. The molecule has 2 aromatic rings. The van der Waals surface area contributed by atoms with Gasteiger partial charge in [-0.05, 0) is 55.3 Å². The van der Waals surface area contributed by atoms with Crippen LogP contribution in [0.4, 0.5) is 0 Å². The lowest BCUT2D eigenvalue weighted by atomic mass is 10.0. The zero-order chi connectivity index (χ0) is 19.0. The predicted molar refractivity (Wildman–Crippen MR) is 104 cm³/mol. The molecule has 0 radical (unpaired) electrons. The number of ether oxygens (including phenoxy) is 3. The number of hydrogen-bond donors (Lipinski definition) is 0. The van der Waals surface area contributed by atoms with Crippen LogP contribution in [-0.2, 0) is 0 Å². The molecule has 2 aromatic carbocycles. The van der Waals surface area contributed by atoms with E-state index in [1.165, 1.54) is 0 Å². The molecule has 0 fully saturated rings. The zero-order valence-electron chi connectivity index (χ0n) is 15.3. The summed E-state index contributed by atoms with van der Waals surface area (Å²) in [4.78, 5) is 12.7. The first-order valence-electron chi connectivity index (χ1n) is 8.84. The van der Waals surface area contributed by atoms with Gasteiger partial charge in [-0.25, -0.2) is 0 Å². The van der Waals surface area contributed by atoms with Crippen molar-refractivity contribution in [2.45, 2.75) is 20.0 Å². The summed E-state index contributed by atoms with van der Waals surface area (Å²) in [6.07, 6.45) is 3.62. The monoisotopic (exact) mass is 360 g/mol. The molecule has 0 aromatic heterocycles. The van der Waals surface area contributed by atoms with Crippen molar-refractivity contribution < 1.29 is 19.0 Å². The second-order valence-electron chi connectivity index (χ2n) is 6.79. The van der Waals surface area contributed by atoms with E-state index in [2.05, 4.69) is 6.58 Å². The Bertz CT molecular complexity index is 997. The second kappa shape index (κ2) is 6.80. The Hall–Kier alpha value is -3.27. The highest BCUT2D eigenvalue weighted by Gasteiger charge is 2.29. The Balaban J connectivity index is 1.61. The number of para-hydroxylation sites is 1. The molecule has 0 bridgehead atoms.